The van der Waals surface area contributed by atoms with Crippen LogP contribution in [0.2, 0.25) is 0 Å². The van der Waals surface area contributed by atoms with Crippen LogP contribution in [0.25, 0.3) is 0 Å². The fraction of sp³-hybridized carbons (Fsp3) is 0.800. The third-order valence-corrected chi connectivity index (χ3v) is 2.05. The average molecular weight is 130 g/mol. The Labute approximate surface area is 53.8 Å². The molecule has 0 amide bonds. The van der Waals surface area contributed by atoms with Crippen LogP contribution in [0.3, 0.4) is 0 Å². The fourth-order valence-electron chi connectivity index (χ4n) is 0.631. The summed E-state index contributed by atoms with van der Waals surface area (Å²) in [5.41, 5.74) is 0. The largest absolute Gasteiger partial charge is 0.372 e. The van der Waals surface area contributed by atoms with Crippen molar-refractivity contribution in [1.82, 2.24) is 5.32 Å². The Bertz CT molecular complexity index is 92.6. The first-order chi connectivity index (χ1) is 3.93. The van der Waals surface area contributed by atoms with Crippen LogP contribution in [0.5, 0.6) is 0 Å². The summed E-state index contributed by atoms with van der Waals surface area (Å²) in [6, 6.07) is 0. The minimum Gasteiger partial charge on any atom is -0.372 e. The Morgan fingerprint density at radius 3 is 3.00 bits per heavy atom. The number of hydrogen-bond donors (Lipinski definition) is 1. The highest BCUT2D eigenvalue weighted by atomic mass is 32.2. The van der Waals surface area contributed by atoms with Gasteiger partial charge >= 0.3 is 0 Å². The predicted molar refractivity (Wildman–Crippen MR) is 38.7 cm³/mol. The molecule has 0 bridgehead atoms. The molecule has 1 aliphatic rings. The van der Waals surface area contributed by atoms with Gasteiger partial charge in [-0.15, -0.1) is 0 Å². The van der Waals surface area contributed by atoms with Crippen molar-refractivity contribution in [3.8, 4) is 0 Å². The Morgan fingerprint density at radius 1 is 1.75 bits per heavy atom. The first-order valence-corrected chi connectivity index (χ1v) is 3.86. The SMILES string of the molecule is CN=C1CSCCN1. The van der Waals surface area contributed by atoms with E-state index < -0.39 is 0 Å². The van der Waals surface area contributed by atoms with Crippen LogP contribution >= 0.6 is 11.8 Å². The molecule has 3 heteroatoms. The summed E-state index contributed by atoms with van der Waals surface area (Å²) in [4.78, 5) is 4.03. The monoisotopic (exact) mass is 130 g/mol. The number of thioether (sulfide) groups is 1. The van der Waals surface area contributed by atoms with E-state index in [1.807, 2.05) is 18.8 Å². The molecule has 1 fully saturated rings. The number of rotatable bonds is 0. The second kappa shape index (κ2) is 2.97. The fourth-order valence-corrected chi connectivity index (χ4v) is 1.45. The number of amidine groups is 1. The minimum absolute atomic E-state index is 1.07. The molecule has 1 N–H and O–H groups in total. The lowest BCUT2D eigenvalue weighted by Crippen LogP contribution is -2.32. The molecule has 0 unspecified atom stereocenters. The van der Waals surface area contributed by atoms with E-state index in [0.717, 1.165) is 18.1 Å². The van der Waals surface area contributed by atoms with Crippen LogP contribution in [-0.4, -0.2) is 30.9 Å². The predicted octanol–water partition coefficient (Wildman–Crippen LogP) is 0.351. The summed E-state index contributed by atoms with van der Waals surface area (Å²) in [5.74, 6) is 3.43. The van der Waals surface area contributed by atoms with Crippen LogP contribution in [0.4, 0.5) is 0 Å². The molecule has 1 saturated heterocycles. The summed E-state index contributed by atoms with van der Waals surface area (Å²) in [6.45, 7) is 1.08. The quantitative estimate of drug-likeness (QED) is 0.511. The van der Waals surface area contributed by atoms with E-state index in [2.05, 4.69) is 10.3 Å². The zero-order chi connectivity index (χ0) is 5.82. The van der Waals surface area contributed by atoms with E-state index in [1.54, 1.807) is 0 Å². The first kappa shape index (κ1) is 5.95. The van der Waals surface area contributed by atoms with E-state index >= 15 is 0 Å². The Morgan fingerprint density at radius 2 is 2.62 bits per heavy atom. The minimum atomic E-state index is 1.07. The molecule has 0 saturated carbocycles. The molecule has 46 valence electrons. The molecule has 0 aromatic heterocycles. The van der Waals surface area contributed by atoms with Gasteiger partial charge in [0.05, 0.1) is 5.75 Å². The third kappa shape index (κ3) is 1.40. The lowest BCUT2D eigenvalue weighted by Gasteiger charge is -2.13. The van der Waals surface area contributed by atoms with Crippen LogP contribution in [0.15, 0.2) is 4.99 Å². The summed E-state index contributed by atoms with van der Waals surface area (Å²) >= 11 is 1.93. The second-order valence-electron chi connectivity index (χ2n) is 1.65. The lowest BCUT2D eigenvalue weighted by molar-refractivity contribution is 0.954. The van der Waals surface area contributed by atoms with E-state index in [-0.39, 0.29) is 0 Å². The molecule has 0 aromatic carbocycles. The van der Waals surface area contributed by atoms with Gasteiger partial charge < -0.3 is 5.32 Å². The molecule has 1 heterocycles. The van der Waals surface area contributed by atoms with Gasteiger partial charge in [0, 0.05) is 19.3 Å². The lowest BCUT2D eigenvalue weighted by atomic mass is 10.6. The zero-order valence-corrected chi connectivity index (χ0v) is 5.79. The molecule has 8 heavy (non-hydrogen) atoms. The average Bonchev–Trinajstić information content (AvgIpc) is 1.90. The Kier molecular flexibility index (Phi) is 2.21. The van der Waals surface area contributed by atoms with E-state index in [9.17, 15) is 0 Å². The zero-order valence-electron chi connectivity index (χ0n) is 4.98. The van der Waals surface area contributed by atoms with Crippen molar-refractivity contribution in [2.75, 3.05) is 25.1 Å². The van der Waals surface area contributed by atoms with E-state index in [4.69, 9.17) is 0 Å². The van der Waals surface area contributed by atoms with Gasteiger partial charge in [0.2, 0.25) is 0 Å². The van der Waals surface area contributed by atoms with Crippen LogP contribution in [0.1, 0.15) is 0 Å². The van der Waals surface area contributed by atoms with Crippen molar-refractivity contribution in [1.29, 1.82) is 0 Å². The summed E-state index contributed by atoms with van der Waals surface area (Å²) in [5, 5.41) is 3.20. The van der Waals surface area contributed by atoms with Gasteiger partial charge in [0.1, 0.15) is 5.84 Å². The van der Waals surface area contributed by atoms with Crippen LogP contribution in [-0.2, 0) is 0 Å². The maximum Gasteiger partial charge on any atom is 0.106 e. The number of aliphatic imine (C=N–C) groups is 1. The van der Waals surface area contributed by atoms with Crippen LogP contribution < -0.4 is 5.32 Å². The van der Waals surface area contributed by atoms with Crippen molar-refractivity contribution >= 4 is 17.6 Å². The highest BCUT2D eigenvalue weighted by Crippen LogP contribution is 2.02. The topological polar surface area (TPSA) is 24.4 Å². The van der Waals surface area contributed by atoms with Gasteiger partial charge in [-0.1, -0.05) is 0 Å². The molecule has 0 aromatic rings. The van der Waals surface area contributed by atoms with Crippen molar-refractivity contribution in [2.24, 2.45) is 4.99 Å². The highest BCUT2D eigenvalue weighted by Gasteiger charge is 2.02. The highest BCUT2D eigenvalue weighted by molar-refractivity contribution is 8.00. The number of hydrogen-bond acceptors (Lipinski definition) is 2. The first-order valence-electron chi connectivity index (χ1n) is 2.71. The van der Waals surface area contributed by atoms with Gasteiger partial charge in [0.15, 0.2) is 0 Å². The number of nitrogens with zero attached hydrogens (tertiary/aromatic N) is 1. The van der Waals surface area contributed by atoms with Gasteiger partial charge in [-0.2, -0.15) is 11.8 Å². The molecule has 0 aliphatic carbocycles. The Balaban J connectivity index is 2.33. The normalized spacial score (nSPS) is 25.4. The van der Waals surface area contributed by atoms with E-state index in [0.29, 0.717) is 0 Å². The van der Waals surface area contributed by atoms with Crippen molar-refractivity contribution in [2.45, 2.75) is 0 Å². The van der Waals surface area contributed by atoms with Gasteiger partial charge in [-0.05, 0) is 0 Å². The summed E-state index contributed by atoms with van der Waals surface area (Å²) < 4.78 is 0. The van der Waals surface area contributed by atoms with Crippen molar-refractivity contribution < 1.29 is 0 Å². The van der Waals surface area contributed by atoms with E-state index in [1.165, 1.54) is 5.75 Å². The number of nitrogens with one attached hydrogen (secondary N) is 1. The van der Waals surface area contributed by atoms with Gasteiger partial charge in [0.25, 0.3) is 0 Å². The van der Waals surface area contributed by atoms with Gasteiger partial charge in [-0.25, -0.2) is 0 Å². The molecule has 1 rings (SSSR count). The van der Waals surface area contributed by atoms with Gasteiger partial charge in [-0.3, -0.25) is 4.99 Å². The standard InChI is InChI=1S/C5H10N2S/c1-6-5-4-8-3-2-7-5/h2-4H2,1H3,(H,6,7). The molecular formula is C5H10N2S. The summed E-state index contributed by atoms with van der Waals surface area (Å²) in [7, 11) is 1.83. The van der Waals surface area contributed by atoms with Crippen molar-refractivity contribution in [3.63, 3.8) is 0 Å². The molecule has 0 spiro atoms. The molecule has 2 nitrogen and oxygen atoms in total. The van der Waals surface area contributed by atoms with Crippen LogP contribution in [0, 0.1) is 0 Å². The molecule has 1 aliphatic heterocycles. The Hall–Kier alpha value is -0.180. The maximum atomic E-state index is 4.03. The molecule has 0 radical (unpaired) electrons. The third-order valence-electron chi connectivity index (χ3n) is 1.08. The second-order valence-corrected chi connectivity index (χ2v) is 2.75. The maximum absolute atomic E-state index is 4.03. The molecular weight excluding hydrogens is 120 g/mol. The summed E-state index contributed by atoms with van der Waals surface area (Å²) in [6.07, 6.45) is 0. The van der Waals surface area contributed by atoms with Crippen molar-refractivity contribution in [3.05, 3.63) is 0 Å². The smallest absolute Gasteiger partial charge is 0.106 e. The molecule has 0 atom stereocenters.